The van der Waals surface area contributed by atoms with E-state index in [0.29, 0.717) is 90.7 Å². The van der Waals surface area contributed by atoms with Crippen LogP contribution in [-0.4, -0.2) is 99.0 Å². The van der Waals surface area contributed by atoms with Crippen LogP contribution in [0.2, 0.25) is 0 Å². The van der Waals surface area contributed by atoms with Crippen molar-refractivity contribution in [2.45, 2.75) is 77.7 Å². The molecule has 4 aliphatic rings. The number of hydrogen-bond donors (Lipinski definition) is 1. The highest BCUT2D eigenvalue weighted by atomic mass is 16.7. The number of hydroxylamine groups is 1. The predicted octanol–water partition coefficient (Wildman–Crippen LogP) is 6.64. The molecule has 322 valence electrons. The van der Waals surface area contributed by atoms with Gasteiger partial charge in [0.05, 0.1) is 55.2 Å². The molecule has 3 aromatic rings. The second-order valence-corrected chi connectivity index (χ2v) is 14.3. The zero-order valence-corrected chi connectivity index (χ0v) is 35.4. The number of nitrogens with one attached hydrogen (secondary N) is 1. The first-order valence-electron chi connectivity index (χ1n) is 20.1. The van der Waals surface area contributed by atoms with Crippen molar-refractivity contribution in [1.29, 1.82) is 0 Å². The van der Waals surface area contributed by atoms with E-state index in [1.54, 1.807) is 46.5 Å². The molecule has 0 aromatic heterocycles. The Bertz CT molecular complexity index is 2080. The van der Waals surface area contributed by atoms with E-state index >= 15 is 0 Å². The van der Waals surface area contributed by atoms with Crippen LogP contribution in [0.4, 0.5) is 11.4 Å². The Labute approximate surface area is 356 Å². The molecule has 0 spiro atoms. The Morgan fingerprint density at radius 2 is 1.16 bits per heavy atom. The van der Waals surface area contributed by atoms with Crippen LogP contribution < -0.4 is 24.4 Å². The number of aliphatic imine (C=N–C) groups is 2. The van der Waals surface area contributed by atoms with Crippen molar-refractivity contribution in [2.75, 3.05) is 34.4 Å². The van der Waals surface area contributed by atoms with Gasteiger partial charge in [0.2, 0.25) is 0 Å². The molecule has 0 radical (unpaired) electrons. The molecule has 2 fully saturated rings. The van der Waals surface area contributed by atoms with Gasteiger partial charge in [-0.05, 0) is 54.2 Å². The number of carbonyl (C=O) groups is 5. The third-order valence-electron chi connectivity index (χ3n) is 10.0. The zero-order valence-electron chi connectivity index (χ0n) is 35.4. The van der Waals surface area contributed by atoms with E-state index in [4.69, 9.17) is 23.8 Å². The summed E-state index contributed by atoms with van der Waals surface area (Å²) in [7, 11) is 4.58. The first-order valence-corrected chi connectivity index (χ1v) is 20.1. The second-order valence-electron chi connectivity index (χ2n) is 14.3. The average molecular weight is 836 g/mol. The van der Waals surface area contributed by atoms with Crippen LogP contribution in [0.25, 0.3) is 0 Å². The normalized spacial score (nSPS) is 16.9. The standard InChI is InChI=1S/C40H41N5O8.C4H6O2.C2H6/c1-23-8-28-17-42-32-15-36(34(49-4)13-30(32)39(47)44(28)19-23)51-21-26-10-25(6-7-38(46)53-41-3)11-27(12-26)22-52-37-16-33-31(14-35(37)50-5)40(48)45-20-24(2)9-29(45)18-43-33;5-3-1-2-4-6;1-2/h10-18,28-29,41H,1-2,6-9,19-22H2,3-5H3;3-4H,1-2H2;1-2H3. The molecule has 2 saturated heterocycles. The Balaban J connectivity index is 0.000000811. The predicted molar refractivity (Wildman–Crippen MR) is 231 cm³/mol. The fourth-order valence-electron chi connectivity index (χ4n) is 7.23. The lowest BCUT2D eigenvalue weighted by Crippen LogP contribution is -2.35. The number of nitrogens with zero attached hydrogens (tertiary/aromatic N) is 4. The van der Waals surface area contributed by atoms with E-state index in [1.165, 1.54) is 21.3 Å². The molecular formula is C46H53N5O10. The summed E-state index contributed by atoms with van der Waals surface area (Å²) in [6.45, 7) is 13.4. The number of carbonyl (C=O) groups excluding carboxylic acids is 5. The fraction of sp³-hybridized carbons (Fsp3) is 0.370. The monoisotopic (exact) mass is 835 g/mol. The van der Waals surface area contributed by atoms with Gasteiger partial charge < -0.3 is 43.2 Å². The van der Waals surface area contributed by atoms with E-state index in [1.807, 2.05) is 32.0 Å². The number of fused-ring (bicyclic) bond motifs is 4. The molecular weight excluding hydrogens is 783 g/mol. The van der Waals surface area contributed by atoms with Crippen molar-refractivity contribution in [3.63, 3.8) is 0 Å². The number of benzene rings is 3. The largest absolute Gasteiger partial charge is 0.493 e. The maximum Gasteiger partial charge on any atom is 0.325 e. The molecule has 2 amide bonds. The van der Waals surface area contributed by atoms with Crippen molar-refractivity contribution in [3.8, 4) is 23.0 Å². The SMILES string of the molecule is C=C1CC2C=Nc3cc(OCc4cc(CCC(=O)ONC)cc(COc5cc6c(cc5OC)C(=O)N5CC(=C)CC5C=N6)c4)c(OC)cc3C(=O)N2C1.CC.O=CCCC=O. The summed E-state index contributed by atoms with van der Waals surface area (Å²) in [6, 6.07) is 12.4. The van der Waals surface area contributed by atoms with Crippen molar-refractivity contribution in [2.24, 2.45) is 9.98 Å². The molecule has 0 aliphatic carbocycles. The van der Waals surface area contributed by atoms with Crippen LogP contribution >= 0.6 is 0 Å². The molecule has 4 aliphatic heterocycles. The Hall–Kier alpha value is -6.61. The second kappa shape index (κ2) is 21.6. The summed E-state index contributed by atoms with van der Waals surface area (Å²) in [6.07, 6.45) is 7.69. The van der Waals surface area contributed by atoms with Crippen LogP contribution in [0.3, 0.4) is 0 Å². The maximum absolute atomic E-state index is 13.4. The number of hydrogen-bond acceptors (Lipinski definition) is 13. The van der Waals surface area contributed by atoms with Gasteiger partial charge in [-0.25, -0.2) is 0 Å². The lowest BCUT2D eigenvalue weighted by molar-refractivity contribution is -0.149. The minimum Gasteiger partial charge on any atom is -0.493 e. The first-order chi connectivity index (χ1) is 29.5. The number of aryl methyl sites for hydroxylation is 1. The smallest absolute Gasteiger partial charge is 0.325 e. The van der Waals surface area contributed by atoms with E-state index < -0.39 is 5.97 Å². The third-order valence-corrected chi connectivity index (χ3v) is 10.0. The fourth-order valence-corrected chi connectivity index (χ4v) is 7.23. The van der Waals surface area contributed by atoms with Gasteiger partial charge in [-0.3, -0.25) is 24.4 Å². The van der Waals surface area contributed by atoms with E-state index in [9.17, 15) is 24.0 Å². The Morgan fingerprint density at radius 1 is 0.721 bits per heavy atom. The van der Waals surface area contributed by atoms with Gasteiger partial charge in [-0.15, -0.1) is 0 Å². The quantitative estimate of drug-likeness (QED) is 0.0753. The van der Waals surface area contributed by atoms with Crippen LogP contribution in [0.5, 0.6) is 23.0 Å². The van der Waals surface area contributed by atoms with Gasteiger partial charge in [-0.2, -0.15) is 5.48 Å². The van der Waals surface area contributed by atoms with Crippen molar-refractivity contribution < 1.29 is 47.8 Å². The van der Waals surface area contributed by atoms with Gasteiger partial charge in [0.25, 0.3) is 11.8 Å². The van der Waals surface area contributed by atoms with Crippen LogP contribution in [0, 0.1) is 0 Å². The van der Waals surface area contributed by atoms with E-state index in [2.05, 4.69) is 28.6 Å². The number of methoxy groups -OCH3 is 2. The van der Waals surface area contributed by atoms with E-state index in [-0.39, 0.29) is 43.5 Å². The number of unbranched alkanes of at least 4 members (excludes halogenated alkanes) is 1. The lowest BCUT2D eigenvalue weighted by atomic mass is 10.0. The molecule has 61 heavy (non-hydrogen) atoms. The summed E-state index contributed by atoms with van der Waals surface area (Å²) in [4.78, 5) is 75.6. The molecule has 15 nitrogen and oxygen atoms in total. The number of rotatable bonds is 15. The number of aldehydes is 2. The summed E-state index contributed by atoms with van der Waals surface area (Å²) < 4.78 is 23.9. The minimum absolute atomic E-state index is 0.128. The molecule has 3 aromatic carbocycles. The van der Waals surface area contributed by atoms with Crippen molar-refractivity contribution in [3.05, 3.63) is 94.6 Å². The summed E-state index contributed by atoms with van der Waals surface area (Å²) in [5.74, 6) is 1.01. The minimum atomic E-state index is -0.392. The van der Waals surface area contributed by atoms with E-state index in [0.717, 1.165) is 40.4 Å². The average Bonchev–Trinajstić information content (AvgIpc) is 3.78. The lowest BCUT2D eigenvalue weighted by Gasteiger charge is -2.20. The van der Waals surface area contributed by atoms with Gasteiger partial charge >= 0.3 is 5.97 Å². The molecule has 7 rings (SSSR count). The van der Waals surface area contributed by atoms with Gasteiger partial charge in [0.1, 0.15) is 25.8 Å². The Kier molecular flexibility index (Phi) is 16.1. The molecule has 2 unspecified atom stereocenters. The zero-order chi connectivity index (χ0) is 44.1. The first kappa shape index (κ1) is 45.5. The van der Waals surface area contributed by atoms with Crippen molar-refractivity contribution >= 4 is 54.2 Å². The maximum atomic E-state index is 13.4. The van der Waals surface area contributed by atoms with Crippen molar-refractivity contribution in [1.82, 2.24) is 15.3 Å². The molecule has 0 saturated carbocycles. The third kappa shape index (κ3) is 11.2. The molecule has 2 atom stereocenters. The van der Waals surface area contributed by atoms with Crippen LogP contribution in [0.15, 0.2) is 76.8 Å². The molecule has 0 bridgehead atoms. The highest BCUT2D eigenvalue weighted by Crippen LogP contribution is 2.40. The number of amides is 2. The molecule has 1 N–H and O–H groups in total. The van der Waals surface area contributed by atoms with Gasteiger partial charge in [0.15, 0.2) is 23.0 Å². The molecule has 15 heteroatoms. The summed E-state index contributed by atoms with van der Waals surface area (Å²) in [5, 5.41) is 0. The number of ether oxygens (including phenoxy) is 4. The Morgan fingerprint density at radius 3 is 1.57 bits per heavy atom. The van der Waals surface area contributed by atoms with Gasteiger partial charge in [-0.1, -0.05) is 50.3 Å². The highest BCUT2D eigenvalue weighted by molar-refractivity contribution is 6.04. The molecule has 4 heterocycles. The highest BCUT2D eigenvalue weighted by Gasteiger charge is 2.35. The topological polar surface area (TPSA) is 175 Å². The summed E-state index contributed by atoms with van der Waals surface area (Å²) in [5.41, 5.74) is 8.78. The van der Waals surface area contributed by atoms with Gasteiger partial charge in [0, 0.05) is 57.5 Å². The van der Waals surface area contributed by atoms with Crippen LogP contribution in [0.1, 0.15) is 83.4 Å². The van der Waals surface area contributed by atoms with Crippen LogP contribution in [-0.2, 0) is 38.9 Å². The summed E-state index contributed by atoms with van der Waals surface area (Å²) >= 11 is 0.